The molecule has 138 valence electrons. The summed E-state index contributed by atoms with van der Waals surface area (Å²) < 4.78 is 37.4. The van der Waals surface area contributed by atoms with E-state index in [-0.39, 0.29) is 16.0 Å². The lowest BCUT2D eigenvalue weighted by atomic mass is 10.1. The Morgan fingerprint density at radius 3 is 2.00 bits per heavy atom. The number of hydrogen-bond acceptors (Lipinski definition) is 6. The largest absolute Gasteiger partial charge is 0.465 e. The molecule has 0 unspecified atom stereocenters. The van der Waals surface area contributed by atoms with Crippen molar-refractivity contribution in [2.75, 3.05) is 18.9 Å². The molecule has 0 aliphatic carbocycles. The highest BCUT2D eigenvalue weighted by Crippen LogP contribution is 2.24. The van der Waals surface area contributed by atoms with Crippen LogP contribution in [0.15, 0.2) is 41.3 Å². The van der Waals surface area contributed by atoms with Crippen LogP contribution in [0.5, 0.6) is 0 Å². The van der Waals surface area contributed by atoms with Gasteiger partial charge < -0.3 is 9.47 Å². The second-order valence-corrected chi connectivity index (χ2v) is 7.33. The number of benzene rings is 2. The Hall–Kier alpha value is -2.87. The topological polar surface area (TPSA) is 98.8 Å². The Balaban J connectivity index is 2.58. The van der Waals surface area contributed by atoms with Crippen LogP contribution >= 0.6 is 0 Å². The molecule has 0 amide bonds. The number of nitrogens with one attached hydrogen (secondary N) is 1. The van der Waals surface area contributed by atoms with Gasteiger partial charge in [0.25, 0.3) is 10.0 Å². The van der Waals surface area contributed by atoms with Crippen LogP contribution in [-0.2, 0) is 19.5 Å². The fourth-order valence-electron chi connectivity index (χ4n) is 2.51. The van der Waals surface area contributed by atoms with Crippen molar-refractivity contribution in [1.29, 1.82) is 0 Å². The van der Waals surface area contributed by atoms with Crippen LogP contribution in [0.3, 0.4) is 0 Å². The SMILES string of the molecule is COC(=O)c1ccc(C(=O)OC)c(S(=O)(=O)Nc2cc(C)cc(C)c2)c1. The molecule has 1 N–H and O–H groups in total. The van der Waals surface area contributed by atoms with Crippen molar-refractivity contribution < 1.29 is 27.5 Å². The van der Waals surface area contributed by atoms with Crippen LogP contribution in [0, 0.1) is 13.8 Å². The first kappa shape index (κ1) is 19.5. The number of anilines is 1. The summed E-state index contributed by atoms with van der Waals surface area (Å²) in [6, 6.07) is 8.82. The molecule has 0 bridgehead atoms. The van der Waals surface area contributed by atoms with Gasteiger partial charge in [-0.15, -0.1) is 0 Å². The number of aryl methyl sites for hydroxylation is 2. The van der Waals surface area contributed by atoms with Gasteiger partial charge in [0.15, 0.2) is 0 Å². The minimum Gasteiger partial charge on any atom is -0.465 e. The van der Waals surface area contributed by atoms with E-state index in [2.05, 4.69) is 14.2 Å². The molecule has 0 saturated heterocycles. The van der Waals surface area contributed by atoms with Gasteiger partial charge in [0.2, 0.25) is 0 Å². The molecule has 0 spiro atoms. The van der Waals surface area contributed by atoms with Crippen LogP contribution in [0.25, 0.3) is 0 Å². The molecule has 0 atom stereocenters. The molecular formula is C18H19NO6S. The van der Waals surface area contributed by atoms with Crippen molar-refractivity contribution in [3.63, 3.8) is 0 Å². The monoisotopic (exact) mass is 377 g/mol. The minimum absolute atomic E-state index is 0.000880. The molecular weight excluding hydrogens is 358 g/mol. The lowest BCUT2D eigenvalue weighted by Crippen LogP contribution is -2.19. The molecule has 2 aromatic carbocycles. The minimum atomic E-state index is -4.16. The highest BCUT2D eigenvalue weighted by Gasteiger charge is 2.25. The standard InChI is InChI=1S/C18H19NO6S/c1-11-7-12(2)9-14(8-11)19-26(22,23)16-10-13(17(20)24-3)5-6-15(16)18(21)25-4/h5-10,19H,1-4H3. The van der Waals surface area contributed by atoms with Gasteiger partial charge in [-0.2, -0.15) is 0 Å². The highest BCUT2D eigenvalue weighted by molar-refractivity contribution is 7.92. The molecule has 0 aliphatic heterocycles. The van der Waals surface area contributed by atoms with Crippen LogP contribution in [0.1, 0.15) is 31.8 Å². The van der Waals surface area contributed by atoms with E-state index in [0.29, 0.717) is 5.69 Å². The third-order valence-corrected chi connectivity index (χ3v) is 4.99. The first-order chi connectivity index (χ1) is 12.2. The Labute approximate surface area is 152 Å². The van der Waals surface area contributed by atoms with Gasteiger partial charge in [-0.25, -0.2) is 18.0 Å². The molecule has 0 aromatic heterocycles. The summed E-state index contributed by atoms with van der Waals surface area (Å²) in [4.78, 5) is 23.3. The first-order valence-electron chi connectivity index (χ1n) is 7.59. The normalized spacial score (nSPS) is 10.9. The number of hydrogen-bond donors (Lipinski definition) is 1. The van der Waals surface area contributed by atoms with Crippen LogP contribution in [-0.4, -0.2) is 34.6 Å². The van der Waals surface area contributed by atoms with Crippen molar-refractivity contribution in [3.05, 3.63) is 58.7 Å². The fourth-order valence-corrected chi connectivity index (χ4v) is 3.77. The van der Waals surface area contributed by atoms with E-state index in [1.54, 1.807) is 12.1 Å². The average Bonchev–Trinajstić information content (AvgIpc) is 2.58. The Kier molecular flexibility index (Phi) is 5.66. The average molecular weight is 377 g/mol. The van der Waals surface area contributed by atoms with Crippen molar-refractivity contribution in [2.45, 2.75) is 18.7 Å². The number of ether oxygens (including phenoxy) is 2. The van der Waals surface area contributed by atoms with E-state index >= 15 is 0 Å². The maximum atomic E-state index is 12.9. The van der Waals surface area contributed by atoms with Gasteiger partial charge in [0, 0.05) is 5.69 Å². The Morgan fingerprint density at radius 2 is 1.46 bits per heavy atom. The third kappa shape index (κ3) is 4.20. The predicted molar refractivity (Wildman–Crippen MR) is 95.8 cm³/mol. The lowest BCUT2D eigenvalue weighted by Gasteiger charge is -2.13. The molecule has 0 heterocycles. The third-order valence-electron chi connectivity index (χ3n) is 3.57. The van der Waals surface area contributed by atoms with Gasteiger partial charge in [0.05, 0.1) is 25.3 Å². The zero-order valence-corrected chi connectivity index (χ0v) is 15.6. The van der Waals surface area contributed by atoms with Crippen molar-refractivity contribution in [3.8, 4) is 0 Å². The summed E-state index contributed by atoms with van der Waals surface area (Å²) >= 11 is 0. The van der Waals surface area contributed by atoms with Gasteiger partial charge >= 0.3 is 11.9 Å². The van der Waals surface area contributed by atoms with Crippen molar-refractivity contribution >= 4 is 27.6 Å². The van der Waals surface area contributed by atoms with Gasteiger partial charge in [-0.1, -0.05) is 6.07 Å². The molecule has 7 nitrogen and oxygen atoms in total. The molecule has 26 heavy (non-hydrogen) atoms. The summed E-state index contributed by atoms with van der Waals surface area (Å²) in [5, 5.41) is 0. The predicted octanol–water partition coefficient (Wildman–Crippen LogP) is 2.68. The number of carbonyl (C=O) groups excluding carboxylic acids is 2. The molecule has 0 aliphatic rings. The number of methoxy groups -OCH3 is 2. The van der Waals surface area contributed by atoms with Crippen molar-refractivity contribution in [2.24, 2.45) is 0 Å². The van der Waals surface area contributed by atoms with Gasteiger partial charge in [-0.05, 0) is 55.3 Å². The Bertz CT molecular complexity index is 945. The maximum Gasteiger partial charge on any atom is 0.339 e. The van der Waals surface area contributed by atoms with E-state index in [1.165, 1.54) is 19.2 Å². The van der Waals surface area contributed by atoms with E-state index in [4.69, 9.17) is 0 Å². The molecule has 0 fully saturated rings. The summed E-state index contributed by atoms with van der Waals surface area (Å²) in [5.74, 6) is -1.55. The second-order valence-electron chi connectivity index (χ2n) is 5.68. The number of carbonyl (C=O) groups is 2. The van der Waals surface area contributed by atoms with Crippen LogP contribution in [0.2, 0.25) is 0 Å². The second kappa shape index (κ2) is 7.57. The van der Waals surface area contributed by atoms with Crippen molar-refractivity contribution in [1.82, 2.24) is 0 Å². The molecule has 0 saturated carbocycles. The van der Waals surface area contributed by atoms with E-state index in [9.17, 15) is 18.0 Å². The summed E-state index contributed by atoms with van der Waals surface area (Å²) in [5.41, 5.74) is 1.91. The number of esters is 2. The Morgan fingerprint density at radius 1 is 0.885 bits per heavy atom. The zero-order valence-electron chi connectivity index (χ0n) is 14.8. The number of rotatable bonds is 5. The molecule has 2 rings (SSSR count). The zero-order chi connectivity index (χ0) is 19.5. The van der Waals surface area contributed by atoms with E-state index in [1.807, 2.05) is 19.9 Å². The smallest absolute Gasteiger partial charge is 0.339 e. The summed E-state index contributed by atoms with van der Waals surface area (Å²) in [6.45, 7) is 3.67. The van der Waals surface area contributed by atoms with E-state index in [0.717, 1.165) is 24.3 Å². The highest BCUT2D eigenvalue weighted by atomic mass is 32.2. The maximum absolute atomic E-state index is 12.9. The quantitative estimate of drug-likeness (QED) is 0.805. The lowest BCUT2D eigenvalue weighted by molar-refractivity contribution is 0.0583. The molecule has 2 aromatic rings. The molecule has 0 radical (unpaired) electrons. The number of sulfonamides is 1. The van der Waals surface area contributed by atoms with E-state index < -0.39 is 22.0 Å². The molecule has 8 heteroatoms. The summed E-state index contributed by atoms with van der Waals surface area (Å²) in [7, 11) is -1.83. The summed E-state index contributed by atoms with van der Waals surface area (Å²) in [6.07, 6.45) is 0. The van der Waals surface area contributed by atoms with Gasteiger partial charge in [0.1, 0.15) is 4.90 Å². The van der Waals surface area contributed by atoms with Crippen LogP contribution < -0.4 is 4.72 Å². The van der Waals surface area contributed by atoms with Crippen LogP contribution in [0.4, 0.5) is 5.69 Å². The first-order valence-corrected chi connectivity index (χ1v) is 9.08. The fraction of sp³-hybridized carbons (Fsp3) is 0.222. The van der Waals surface area contributed by atoms with Gasteiger partial charge in [-0.3, -0.25) is 4.72 Å².